The van der Waals surface area contributed by atoms with Crippen molar-refractivity contribution in [2.75, 3.05) is 0 Å². The predicted octanol–water partition coefficient (Wildman–Crippen LogP) is 4.78. The fraction of sp³-hybridized carbons (Fsp3) is 0.400. The topological polar surface area (TPSA) is 54.4 Å². The molecule has 1 aliphatic carbocycles. The summed E-state index contributed by atoms with van der Waals surface area (Å²) in [6.45, 7) is 5.17. The molecule has 0 unspecified atom stereocenters. The van der Waals surface area contributed by atoms with Gasteiger partial charge >= 0.3 is 5.97 Å². The van der Waals surface area contributed by atoms with E-state index in [9.17, 15) is 9.59 Å². The minimum atomic E-state index is -2.32. The largest absolute Gasteiger partial charge is 0.478 e. The third kappa shape index (κ3) is 5.85. The summed E-state index contributed by atoms with van der Waals surface area (Å²) >= 11 is 0. The maximum Gasteiger partial charge on any atom is 0.328 e. The summed E-state index contributed by atoms with van der Waals surface area (Å²) in [5.41, 5.74) is 1.96. The molecule has 0 aromatic heterocycles. The van der Waals surface area contributed by atoms with Crippen LogP contribution in [0.25, 0.3) is 0 Å². The van der Waals surface area contributed by atoms with E-state index >= 15 is 0 Å². The molecule has 3 heteroatoms. The molecule has 0 saturated heterocycles. The number of rotatable bonds is 5. The van der Waals surface area contributed by atoms with Crippen LogP contribution in [0, 0.1) is 5.41 Å². The second kappa shape index (κ2) is 7.91. The number of hydrogen-bond acceptors (Lipinski definition) is 2. The zero-order valence-electron chi connectivity index (χ0n) is 17.1. The monoisotopic (exact) mass is 317 g/mol. The molecule has 124 valence electrons. The zero-order valence-corrected chi connectivity index (χ0v) is 14.1. The van der Waals surface area contributed by atoms with Crippen molar-refractivity contribution in [2.45, 2.75) is 47.4 Å². The normalized spacial score (nSPS) is 22.4. The van der Waals surface area contributed by atoms with Crippen LogP contribution in [0.15, 0.2) is 58.7 Å². The Balaban J connectivity index is 3.20. The fourth-order valence-electron chi connectivity index (χ4n) is 2.53. The molecule has 0 saturated carbocycles. The Labute approximate surface area is 143 Å². The van der Waals surface area contributed by atoms with Gasteiger partial charge < -0.3 is 5.11 Å². The van der Waals surface area contributed by atoms with E-state index in [-0.39, 0.29) is 16.8 Å². The van der Waals surface area contributed by atoms with Gasteiger partial charge in [0.15, 0.2) is 5.78 Å². The van der Waals surface area contributed by atoms with Gasteiger partial charge in [-0.05, 0) is 49.3 Å². The number of Topliss-reactive ketones (excluding diaryl/α,β-unsaturated/α-hetero) is 1. The molecule has 0 bridgehead atoms. The van der Waals surface area contributed by atoms with Crippen molar-refractivity contribution in [1.82, 2.24) is 0 Å². The number of carbonyl (C=O) groups excluding carboxylic acids is 1. The molecular weight excluding hydrogens is 288 g/mol. The van der Waals surface area contributed by atoms with E-state index in [0.29, 0.717) is 17.6 Å². The lowest BCUT2D eigenvalue weighted by Gasteiger charge is -2.32. The molecule has 0 radical (unpaired) electrons. The smallest absolute Gasteiger partial charge is 0.328 e. The highest BCUT2D eigenvalue weighted by Crippen LogP contribution is 2.39. The second-order valence-corrected chi connectivity index (χ2v) is 6.39. The van der Waals surface area contributed by atoms with Crippen LogP contribution in [-0.4, -0.2) is 16.9 Å². The summed E-state index contributed by atoms with van der Waals surface area (Å²) in [5.74, 6) is -0.962. The molecule has 0 aliphatic heterocycles. The van der Waals surface area contributed by atoms with Crippen LogP contribution < -0.4 is 0 Å². The highest BCUT2D eigenvalue weighted by atomic mass is 16.4. The molecule has 1 rings (SSSR count). The quantitative estimate of drug-likeness (QED) is 0.586. The first-order valence-corrected chi connectivity index (χ1v) is 7.57. The van der Waals surface area contributed by atoms with E-state index in [1.54, 1.807) is 19.9 Å². The van der Waals surface area contributed by atoms with E-state index < -0.39 is 12.8 Å². The minimum absolute atomic E-state index is 0.0951. The van der Waals surface area contributed by atoms with Crippen molar-refractivity contribution >= 4 is 11.8 Å². The number of ketones is 1. The number of hydrogen-bond donors (Lipinski definition) is 1. The van der Waals surface area contributed by atoms with Crippen molar-refractivity contribution in [3.63, 3.8) is 0 Å². The van der Waals surface area contributed by atoms with Crippen molar-refractivity contribution in [3.8, 4) is 0 Å². The van der Waals surface area contributed by atoms with Gasteiger partial charge in [-0.3, -0.25) is 4.79 Å². The Kier molecular flexibility index (Phi) is 4.96. The number of carbonyl (C=O) groups is 2. The van der Waals surface area contributed by atoms with Crippen molar-refractivity contribution < 1.29 is 18.8 Å². The molecule has 0 atom stereocenters. The Morgan fingerprint density at radius 1 is 1.30 bits per heavy atom. The molecule has 0 spiro atoms. The molecule has 0 aromatic carbocycles. The van der Waals surface area contributed by atoms with Crippen LogP contribution in [0.3, 0.4) is 0 Å². The fourth-order valence-corrected chi connectivity index (χ4v) is 2.53. The first-order chi connectivity index (χ1) is 11.8. The number of allylic oxidation sites excluding steroid dienone is 9. The van der Waals surface area contributed by atoms with Crippen LogP contribution in [0.5, 0.6) is 0 Å². The Morgan fingerprint density at radius 3 is 2.61 bits per heavy atom. The summed E-state index contributed by atoms with van der Waals surface area (Å²) in [6, 6.07) is 0. The van der Waals surface area contributed by atoms with Gasteiger partial charge in [0.1, 0.15) is 0 Å². The van der Waals surface area contributed by atoms with Crippen LogP contribution in [-0.2, 0) is 9.59 Å². The molecule has 0 amide bonds. The van der Waals surface area contributed by atoms with Gasteiger partial charge in [-0.2, -0.15) is 0 Å². The van der Waals surface area contributed by atoms with Gasteiger partial charge in [0.2, 0.25) is 0 Å². The van der Waals surface area contributed by atoms with E-state index in [1.807, 2.05) is 13.8 Å². The standard InChI is InChI=1S/C20H26O3/c1-14(7-6-8-15(2)13-19(22)23)9-10-17-16(3)18(21)11-12-20(17,4)5/h6-10,13H,11-12H2,1-5H3,(H,22,23)/b8-6+,10-9+,14-7+,15-13+/i1D3. The SMILES string of the molecule is [2H]C([2H])([2H])C(/C=C/C1=C(C)C(=O)CCC1(C)C)=C\C=C\C(C)=C\C(=O)O. The molecule has 1 aliphatic rings. The summed E-state index contributed by atoms with van der Waals surface area (Å²) in [5, 5.41) is 8.69. The lowest BCUT2D eigenvalue weighted by atomic mass is 9.72. The summed E-state index contributed by atoms with van der Waals surface area (Å²) < 4.78 is 23.0. The number of aliphatic carboxylic acids is 1. The van der Waals surface area contributed by atoms with Gasteiger partial charge in [-0.15, -0.1) is 0 Å². The van der Waals surface area contributed by atoms with Crippen LogP contribution in [0.1, 0.15) is 51.5 Å². The van der Waals surface area contributed by atoms with E-state index in [4.69, 9.17) is 9.22 Å². The van der Waals surface area contributed by atoms with Crippen LogP contribution in [0.4, 0.5) is 0 Å². The Morgan fingerprint density at radius 2 is 2.00 bits per heavy atom. The highest BCUT2D eigenvalue weighted by molar-refractivity contribution is 5.97. The molecule has 0 heterocycles. The maximum absolute atomic E-state index is 12.0. The van der Waals surface area contributed by atoms with Crippen molar-refractivity contribution in [3.05, 3.63) is 58.7 Å². The minimum Gasteiger partial charge on any atom is -0.478 e. The third-order valence-corrected chi connectivity index (χ3v) is 3.94. The van der Waals surface area contributed by atoms with E-state index in [1.165, 1.54) is 24.3 Å². The first kappa shape index (κ1) is 14.4. The first-order valence-electron chi connectivity index (χ1n) is 9.07. The van der Waals surface area contributed by atoms with E-state index in [2.05, 4.69) is 0 Å². The third-order valence-electron chi connectivity index (χ3n) is 3.94. The second-order valence-electron chi connectivity index (χ2n) is 6.39. The molecule has 23 heavy (non-hydrogen) atoms. The van der Waals surface area contributed by atoms with Crippen LogP contribution >= 0.6 is 0 Å². The molecule has 0 fully saturated rings. The molecule has 0 aromatic rings. The predicted molar refractivity (Wildman–Crippen MR) is 94.2 cm³/mol. The van der Waals surface area contributed by atoms with Gasteiger partial charge in [-0.1, -0.05) is 49.8 Å². The summed E-state index contributed by atoms with van der Waals surface area (Å²) in [4.78, 5) is 22.6. The molecule has 1 N–H and O–H groups in total. The van der Waals surface area contributed by atoms with Gasteiger partial charge in [0, 0.05) is 16.6 Å². The highest BCUT2D eigenvalue weighted by Gasteiger charge is 2.30. The average Bonchev–Trinajstić information content (AvgIpc) is 2.47. The van der Waals surface area contributed by atoms with Crippen molar-refractivity contribution in [1.29, 1.82) is 0 Å². The molecular formula is C20H26O3. The average molecular weight is 317 g/mol. The zero-order chi connectivity index (χ0) is 20.1. The Hall–Kier alpha value is -2.16. The molecule has 3 nitrogen and oxygen atoms in total. The number of carboxylic acids is 1. The van der Waals surface area contributed by atoms with Gasteiger partial charge in [-0.25, -0.2) is 4.79 Å². The van der Waals surface area contributed by atoms with Gasteiger partial charge in [0.25, 0.3) is 0 Å². The van der Waals surface area contributed by atoms with Gasteiger partial charge in [0.05, 0.1) is 0 Å². The van der Waals surface area contributed by atoms with Crippen molar-refractivity contribution in [2.24, 2.45) is 5.41 Å². The Bertz CT molecular complexity index is 730. The number of carboxylic acid groups (broad SMARTS) is 1. The summed E-state index contributed by atoms with van der Waals surface area (Å²) in [6.07, 6.45) is 10.0. The van der Waals surface area contributed by atoms with E-state index in [0.717, 1.165) is 18.1 Å². The lowest BCUT2D eigenvalue weighted by Crippen LogP contribution is -2.24. The van der Waals surface area contributed by atoms with Crippen LogP contribution in [0.2, 0.25) is 0 Å². The lowest BCUT2D eigenvalue weighted by molar-refractivity contribution is -0.131. The summed E-state index contributed by atoms with van der Waals surface area (Å²) in [7, 11) is 0. The maximum atomic E-state index is 12.0.